The first kappa shape index (κ1) is 17.4. The molecule has 0 radical (unpaired) electrons. The van der Waals surface area contributed by atoms with E-state index in [0.29, 0.717) is 19.0 Å². The van der Waals surface area contributed by atoms with Crippen LogP contribution in [0.5, 0.6) is 0 Å². The molecule has 4 nitrogen and oxygen atoms in total. The van der Waals surface area contributed by atoms with Crippen LogP contribution in [-0.2, 0) is 0 Å². The molecule has 2 rings (SSSR count). The summed E-state index contributed by atoms with van der Waals surface area (Å²) >= 11 is 11.4. The van der Waals surface area contributed by atoms with Crippen molar-refractivity contribution in [1.82, 2.24) is 0 Å². The SMILES string of the molecule is O=C(O)c1ccc(Cl)cc1[Se][Se]c1cc(Cl)ccc1C(=O)O. The monoisotopic (exact) mass is 470 g/mol. The summed E-state index contributed by atoms with van der Waals surface area (Å²) in [5.41, 5.74) is 0.398. The molecule has 0 amide bonds. The Kier molecular flexibility index (Phi) is 5.93. The molecule has 0 aliphatic rings. The number of aromatic carboxylic acids is 2. The second kappa shape index (κ2) is 7.51. The van der Waals surface area contributed by atoms with Crippen molar-refractivity contribution in [1.29, 1.82) is 0 Å². The number of hydrogen-bond donors (Lipinski definition) is 2. The Hall–Kier alpha value is -1.00. The normalized spacial score (nSPS) is 10.5. The van der Waals surface area contributed by atoms with Crippen LogP contribution in [0.2, 0.25) is 10.0 Å². The molecule has 0 bridgehead atoms. The first-order valence-corrected chi connectivity index (χ1v) is 12.6. The number of hydrogen-bond acceptors (Lipinski definition) is 2. The second-order valence-electron chi connectivity index (χ2n) is 4.06. The average Bonchev–Trinajstić information content (AvgIpc) is 2.44. The van der Waals surface area contributed by atoms with Gasteiger partial charge in [0.05, 0.1) is 0 Å². The minimum atomic E-state index is -1.02. The van der Waals surface area contributed by atoms with E-state index >= 15 is 0 Å². The molecule has 2 aromatic carbocycles. The Morgan fingerprint density at radius 2 is 1.14 bits per heavy atom. The summed E-state index contributed by atoms with van der Waals surface area (Å²) in [6.45, 7) is 0. The summed E-state index contributed by atoms with van der Waals surface area (Å²) < 4.78 is 1.28. The second-order valence-corrected chi connectivity index (χ2v) is 11.1. The van der Waals surface area contributed by atoms with Gasteiger partial charge in [-0.15, -0.1) is 0 Å². The van der Waals surface area contributed by atoms with Gasteiger partial charge in [0.2, 0.25) is 0 Å². The molecule has 0 unspecified atom stereocenters. The van der Waals surface area contributed by atoms with Gasteiger partial charge in [0.25, 0.3) is 0 Å². The topological polar surface area (TPSA) is 74.6 Å². The number of carboxylic acids is 2. The van der Waals surface area contributed by atoms with E-state index in [1.54, 1.807) is 12.1 Å². The summed E-state index contributed by atoms with van der Waals surface area (Å²) in [7, 11) is 0. The zero-order valence-corrected chi connectivity index (χ0v) is 15.7. The van der Waals surface area contributed by atoms with E-state index in [0.717, 1.165) is 0 Å². The zero-order valence-electron chi connectivity index (χ0n) is 10.7. The molecular formula is C14H8Cl2O4Se2. The third-order valence-corrected chi connectivity index (χ3v) is 10.2. The zero-order chi connectivity index (χ0) is 16.3. The maximum absolute atomic E-state index is 11.2. The van der Waals surface area contributed by atoms with Crippen molar-refractivity contribution in [2.24, 2.45) is 0 Å². The van der Waals surface area contributed by atoms with Crippen LogP contribution in [0.3, 0.4) is 0 Å². The fourth-order valence-electron chi connectivity index (χ4n) is 1.57. The van der Waals surface area contributed by atoms with Gasteiger partial charge in [-0.2, -0.15) is 0 Å². The van der Waals surface area contributed by atoms with E-state index in [1.165, 1.54) is 24.3 Å². The number of carbonyl (C=O) groups is 2. The van der Waals surface area contributed by atoms with Crippen LogP contribution in [0.1, 0.15) is 20.7 Å². The molecule has 0 saturated heterocycles. The summed E-state index contributed by atoms with van der Waals surface area (Å²) in [5.74, 6) is -2.04. The minimum absolute atomic E-state index is 0.199. The summed E-state index contributed by atoms with van der Waals surface area (Å²) in [6.07, 6.45) is 0. The van der Waals surface area contributed by atoms with Crippen LogP contribution < -0.4 is 8.92 Å². The third kappa shape index (κ3) is 4.26. The maximum atomic E-state index is 11.2. The average molecular weight is 469 g/mol. The Morgan fingerprint density at radius 3 is 1.45 bits per heavy atom. The standard InChI is InChI=1S/C14H8Cl2O4Se2/c15-7-1-3-9(13(17)18)11(5-7)21-22-12-6-8(16)2-4-10(12)14(19)20/h1-6H,(H,17,18)(H,19,20). The van der Waals surface area contributed by atoms with Crippen molar-refractivity contribution in [3.63, 3.8) is 0 Å². The van der Waals surface area contributed by atoms with Gasteiger partial charge in [0, 0.05) is 0 Å². The molecular weight excluding hydrogens is 461 g/mol. The number of carboxylic acid groups (broad SMARTS) is 2. The van der Waals surface area contributed by atoms with Gasteiger partial charge in [0.15, 0.2) is 0 Å². The van der Waals surface area contributed by atoms with Crippen molar-refractivity contribution >= 4 is 70.3 Å². The van der Waals surface area contributed by atoms with E-state index in [-0.39, 0.29) is 37.4 Å². The Labute approximate surface area is 147 Å². The fraction of sp³-hybridized carbons (Fsp3) is 0. The molecule has 0 fully saturated rings. The summed E-state index contributed by atoms with van der Waals surface area (Å²) in [4.78, 5) is 22.5. The molecule has 0 aliphatic carbocycles. The van der Waals surface area contributed by atoms with Gasteiger partial charge in [-0.3, -0.25) is 0 Å². The molecule has 0 saturated carbocycles. The summed E-state index contributed by atoms with van der Waals surface area (Å²) in [6, 6.07) is 9.23. The van der Waals surface area contributed by atoms with Gasteiger partial charge in [0.1, 0.15) is 0 Å². The van der Waals surface area contributed by atoms with E-state index in [1.807, 2.05) is 0 Å². The molecule has 22 heavy (non-hydrogen) atoms. The molecule has 2 N–H and O–H groups in total. The van der Waals surface area contributed by atoms with Crippen molar-refractivity contribution in [2.45, 2.75) is 0 Å². The van der Waals surface area contributed by atoms with Crippen LogP contribution in [0.15, 0.2) is 36.4 Å². The van der Waals surface area contributed by atoms with Gasteiger partial charge in [-0.1, -0.05) is 0 Å². The van der Waals surface area contributed by atoms with Gasteiger partial charge in [-0.25, -0.2) is 0 Å². The van der Waals surface area contributed by atoms with Crippen molar-refractivity contribution in [3.8, 4) is 0 Å². The van der Waals surface area contributed by atoms with Gasteiger partial charge < -0.3 is 0 Å². The van der Waals surface area contributed by atoms with E-state index in [2.05, 4.69) is 0 Å². The number of benzene rings is 2. The van der Waals surface area contributed by atoms with E-state index < -0.39 is 11.9 Å². The van der Waals surface area contributed by atoms with Gasteiger partial charge >= 0.3 is 148 Å². The van der Waals surface area contributed by atoms with Crippen molar-refractivity contribution in [3.05, 3.63) is 57.6 Å². The molecule has 0 spiro atoms. The molecule has 8 heteroatoms. The molecule has 114 valence electrons. The molecule has 0 heterocycles. The van der Waals surface area contributed by atoms with Crippen LogP contribution in [0.4, 0.5) is 0 Å². The number of halogens is 2. The van der Waals surface area contributed by atoms with Crippen LogP contribution in [0, 0.1) is 0 Å². The molecule has 0 atom stereocenters. The van der Waals surface area contributed by atoms with Crippen LogP contribution in [0.25, 0.3) is 0 Å². The van der Waals surface area contributed by atoms with Crippen LogP contribution in [-0.4, -0.2) is 48.4 Å². The Morgan fingerprint density at radius 1 is 0.773 bits per heavy atom. The van der Waals surface area contributed by atoms with Crippen molar-refractivity contribution in [2.75, 3.05) is 0 Å². The molecule has 0 aromatic heterocycles. The van der Waals surface area contributed by atoms with E-state index in [4.69, 9.17) is 23.2 Å². The Bertz CT molecular complexity index is 686. The quantitative estimate of drug-likeness (QED) is 0.654. The van der Waals surface area contributed by atoms with Crippen LogP contribution >= 0.6 is 23.2 Å². The number of rotatable bonds is 5. The van der Waals surface area contributed by atoms with Crippen molar-refractivity contribution < 1.29 is 19.8 Å². The third-order valence-electron chi connectivity index (χ3n) is 2.57. The molecule has 0 aliphatic heterocycles. The molecule has 2 aromatic rings. The fourth-order valence-corrected chi connectivity index (χ4v) is 9.32. The Balaban J connectivity index is 2.31. The van der Waals surface area contributed by atoms with E-state index in [9.17, 15) is 19.8 Å². The predicted octanol–water partition coefficient (Wildman–Crippen LogP) is 1.66. The predicted molar refractivity (Wildman–Crippen MR) is 87.6 cm³/mol. The first-order valence-electron chi connectivity index (χ1n) is 5.78. The first-order chi connectivity index (χ1) is 10.4. The summed E-state index contributed by atoms with van der Waals surface area (Å²) in [5, 5.41) is 19.3. The van der Waals surface area contributed by atoms with Gasteiger partial charge in [-0.05, 0) is 0 Å².